The van der Waals surface area contributed by atoms with Crippen LogP contribution in [0.2, 0.25) is 5.02 Å². The molecule has 1 amide bonds. The van der Waals surface area contributed by atoms with Crippen LogP contribution in [0.4, 0.5) is 5.95 Å². The minimum absolute atomic E-state index is 0.0848. The Balaban J connectivity index is 1.58. The number of aryl methyl sites for hydroxylation is 1. The molecule has 2 atom stereocenters. The van der Waals surface area contributed by atoms with Gasteiger partial charge in [-0.2, -0.15) is 0 Å². The number of amides is 1. The molecular formula is C25H30ClN5O3. The summed E-state index contributed by atoms with van der Waals surface area (Å²) in [7, 11) is 1.58. The van der Waals surface area contributed by atoms with Crippen molar-refractivity contribution in [3.05, 3.63) is 57.1 Å². The second-order valence-electron chi connectivity index (χ2n) is 8.62. The number of rotatable bonds is 6. The number of halogens is 1. The predicted molar refractivity (Wildman–Crippen MR) is 134 cm³/mol. The minimum atomic E-state index is -2.65. The van der Waals surface area contributed by atoms with Crippen LogP contribution in [0.1, 0.15) is 38.3 Å². The zero-order chi connectivity index (χ0) is 28.7. The number of anilines is 1. The molecule has 8 nitrogen and oxygen atoms in total. The summed E-state index contributed by atoms with van der Waals surface area (Å²) in [6.45, 7) is 1.50. The Labute approximate surface area is 210 Å². The van der Waals surface area contributed by atoms with Gasteiger partial charge in [0.15, 0.2) is 12.4 Å². The van der Waals surface area contributed by atoms with Gasteiger partial charge in [0, 0.05) is 45.8 Å². The summed E-state index contributed by atoms with van der Waals surface area (Å²) in [6.07, 6.45) is 0.668. The van der Waals surface area contributed by atoms with E-state index in [1.54, 1.807) is 19.3 Å². The summed E-state index contributed by atoms with van der Waals surface area (Å²) < 4.78 is 44.7. The number of likely N-dealkylation sites (N-methyl/N-ethyl adjacent to an activating group) is 1. The molecule has 1 N–H and O–H groups in total. The minimum Gasteiger partial charge on any atom is -0.478 e. The molecule has 0 saturated carbocycles. The first kappa shape index (κ1) is 18.2. The average molecular weight is 489 g/mol. The Morgan fingerprint density at radius 2 is 2.09 bits per heavy atom. The van der Waals surface area contributed by atoms with Crippen molar-refractivity contribution in [2.75, 3.05) is 31.6 Å². The van der Waals surface area contributed by atoms with E-state index in [-0.39, 0.29) is 17.6 Å². The van der Waals surface area contributed by atoms with Crippen molar-refractivity contribution in [3.8, 4) is 5.75 Å². The van der Waals surface area contributed by atoms with Gasteiger partial charge >= 0.3 is 0 Å². The number of ether oxygens (including phenoxy) is 1. The highest BCUT2D eigenvalue weighted by Crippen LogP contribution is 2.27. The Morgan fingerprint density at radius 3 is 2.82 bits per heavy atom. The number of carbonyl (C=O) groups excluding carboxylic acids is 1. The molecule has 0 unspecified atom stereocenters. The normalized spacial score (nSPS) is 22.2. The average Bonchev–Trinajstić information content (AvgIpc) is 2.84. The fourth-order valence-electron chi connectivity index (χ4n) is 4.25. The highest BCUT2D eigenvalue weighted by Gasteiger charge is 2.24. The van der Waals surface area contributed by atoms with Crippen LogP contribution in [0, 0.1) is 11.8 Å². The number of hydrogen-bond donors (Lipinski definition) is 1. The fraction of sp³-hybridized carbons (Fsp3) is 0.440. The van der Waals surface area contributed by atoms with E-state index in [1.165, 1.54) is 10.6 Å². The van der Waals surface area contributed by atoms with E-state index in [0.29, 0.717) is 47.1 Å². The molecule has 0 bridgehead atoms. The van der Waals surface area contributed by atoms with E-state index in [2.05, 4.69) is 4.98 Å². The van der Waals surface area contributed by atoms with Crippen LogP contribution in [0.25, 0.3) is 10.9 Å². The van der Waals surface area contributed by atoms with E-state index in [0.717, 1.165) is 5.56 Å². The number of hydrogen-bond acceptors (Lipinski definition) is 6. The van der Waals surface area contributed by atoms with Crippen molar-refractivity contribution in [3.63, 3.8) is 0 Å². The van der Waals surface area contributed by atoms with Crippen LogP contribution in [-0.4, -0.2) is 47.1 Å². The zero-order valence-electron chi connectivity index (χ0n) is 24.3. The molecule has 2 aromatic heterocycles. The number of nitrogens with zero attached hydrogens (tertiary/aromatic N) is 4. The second-order valence-corrected chi connectivity index (χ2v) is 9.03. The molecule has 1 fully saturated rings. The lowest BCUT2D eigenvalue weighted by atomic mass is 9.92. The van der Waals surface area contributed by atoms with E-state index >= 15 is 0 Å². The standard InChI is InChI=1S/C25H30ClN5O3/c1-15-7-16(2)13-31(12-15)25-28-11-19(26)20(29-25)9-17-5-6-21-18(8-17)10-22(24(33)30(21)4)34-14-23(32)27-3/h5-6,8,10-11,15-16H,7,9,12-14H2,1-4H3,(H,27,32)/t15-,16+/i3D3,7D2. The number of nitrogens with one attached hydrogen (secondary N) is 1. The monoisotopic (exact) mass is 488 g/mol. The number of piperidine rings is 1. The van der Waals surface area contributed by atoms with Crippen molar-refractivity contribution in [2.24, 2.45) is 18.9 Å². The van der Waals surface area contributed by atoms with Crippen LogP contribution in [0.15, 0.2) is 35.3 Å². The van der Waals surface area contributed by atoms with Crippen molar-refractivity contribution < 1.29 is 16.4 Å². The van der Waals surface area contributed by atoms with Crippen molar-refractivity contribution in [1.82, 2.24) is 19.9 Å². The quantitative estimate of drug-likeness (QED) is 0.573. The molecule has 1 aliphatic rings. The number of benzene rings is 1. The number of pyridine rings is 1. The van der Waals surface area contributed by atoms with E-state index in [1.807, 2.05) is 36.2 Å². The van der Waals surface area contributed by atoms with Crippen molar-refractivity contribution in [2.45, 2.75) is 26.6 Å². The molecule has 1 aromatic carbocycles. The molecule has 3 heterocycles. The summed E-state index contributed by atoms with van der Waals surface area (Å²) in [6, 6.07) is 7.04. The summed E-state index contributed by atoms with van der Waals surface area (Å²) in [5, 5.41) is 2.89. The Kier molecular flexibility index (Phi) is 5.37. The maximum atomic E-state index is 12.7. The van der Waals surface area contributed by atoms with Gasteiger partial charge in [-0.1, -0.05) is 31.5 Å². The molecule has 3 aromatic rings. The van der Waals surface area contributed by atoms with Gasteiger partial charge in [-0.3, -0.25) is 9.59 Å². The Bertz CT molecular complexity index is 1450. The van der Waals surface area contributed by atoms with Gasteiger partial charge in [0.1, 0.15) is 0 Å². The van der Waals surface area contributed by atoms with Gasteiger partial charge in [0.2, 0.25) is 5.95 Å². The van der Waals surface area contributed by atoms with Crippen LogP contribution < -0.4 is 20.5 Å². The Morgan fingerprint density at radius 1 is 1.32 bits per heavy atom. The largest absolute Gasteiger partial charge is 0.478 e. The maximum Gasteiger partial charge on any atom is 0.293 e. The van der Waals surface area contributed by atoms with E-state index in [9.17, 15) is 9.59 Å². The molecule has 1 aliphatic heterocycles. The highest BCUT2D eigenvalue weighted by molar-refractivity contribution is 6.31. The van der Waals surface area contributed by atoms with Crippen LogP contribution >= 0.6 is 11.6 Å². The molecule has 34 heavy (non-hydrogen) atoms. The first-order chi connectivity index (χ1) is 18.2. The molecule has 1 saturated heterocycles. The molecule has 0 aliphatic carbocycles. The molecule has 4 rings (SSSR count). The molecule has 180 valence electrons. The van der Waals surface area contributed by atoms with E-state index < -0.39 is 31.4 Å². The third-order valence-corrected chi connectivity index (χ3v) is 6.09. The highest BCUT2D eigenvalue weighted by atomic mass is 35.5. The number of carbonyl (C=O) groups is 1. The lowest BCUT2D eigenvalue weighted by Gasteiger charge is -2.35. The lowest BCUT2D eigenvalue weighted by molar-refractivity contribution is -0.122. The summed E-state index contributed by atoms with van der Waals surface area (Å²) in [4.78, 5) is 35.6. The van der Waals surface area contributed by atoms with Gasteiger partial charge in [-0.25, -0.2) is 9.97 Å². The molecule has 0 radical (unpaired) electrons. The summed E-state index contributed by atoms with van der Waals surface area (Å²) >= 11 is 6.45. The maximum absolute atomic E-state index is 12.7. The van der Waals surface area contributed by atoms with Gasteiger partial charge < -0.3 is 19.5 Å². The molecular weight excluding hydrogens is 454 g/mol. The van der Waals surface area contributed by atoms with Gasteiger partial charge in [-0.05, 0) is 42.0 Å². The summed E-state index contributed by atoms with van der Waals surface area (Å²) in [5.41, 5.74) is 1.64. The third-order valence-electron chi connectivity index (χ3n) is 5.77. The fourth-order valence-corrected chi connectivity index (χ4v) is 4.41. The molecule has 0 spiro atoms. The lowest BCUT2D eigenvalue weighted by Crippen LogP contribution is -2.39. The van der Waals surface area contributed by atoms with E-state index in [4.69, 9.17) is 28.2 Å². The topological polar surface area (TPSA) is 89.3 Å². The first-order valence-corrected chi connectivity index (χ1v) is 11.4. The second kappa shape index (κ2) is 10.0. The predicted octanol–water partition coefficient (Wildman–Crippen LogP) is 3.18. The van der Waals surface area contributed by atoms with Gasteiger partial charge in [0.05, 0.1) is 22.4 Å². The Hall–Kier alpha value is -3.13. The molecule has 9 heteroatoms. The zero-order valence-corrected chi connectivity index (χ0v) is 20.0. The van der Waals surface area contributed by atoms with Gasteiger partial charge in [-0.15, -0.1) is 0 Å². The number of aromatic nitrogens is 3. The van der Waals surface area contributed by atoms with Gasteiger partial charge in [0.25, 0.3) is 11.5 Å². The van der Waals surface area contributed by atoms with Crippen LogP contribution in [-0.2, 0) is 18.3 Å². The third kappa shape index (κ3) is 5.17. The van der Waals surface area contributed by atoms with Crippen molar-refractivity contribution >= 4 is 34.4 Å². The first-order valence-electron chi connectivity index (χ1n) is 13.5. The van der Waals surface area contributed by atoms with Crippen LogP contribution in [0.5, 0.6) is 5.75 Å². The smallest absolute Gasteiger partial charge is 0.293 e. The number of fused-ring (bicyclic) bond motifs is 1. The van der Waals surface area contributed by atoms with Crippen LogP contribution in [0.3, 0.4) is 0 Å². The van der Waals surface area contributed by atoms with Crippen molar-refractivity contribution in [1.29, 1.82) is 0 Å². The summed E-state index contributed by atoms with van der Waals surface area (Å²) in [5.74, 6) is -0.830. The SMILES string of the molecule is [2H]C([2H])([2H])NC(=O)COc1cc2cc(Cc3nc(N4C[C@@H](C)C([2H])([2H])[C@@H](C)C4)ncc3Cl)ccc2n(C)c1=O.